The molecule has 18 heavy (non-hydrogen) atoms. The molecule has 1 heterocycles. The molecule has 0 unspecified atom stereocenters. The van der Waals surface area contributed by atoms with E-state index in [-0.39, 0.29) is 6.61 Å². The van der Waals surface area contributed by atoms with E-state index in [1.807, 2.05) is 0 Å². The van der Waals surface area contributed by atoms with Crippen molar-refractivity contribution in [3.63, 3.8) is 0 Å². The Hall–Kier alpha value is -0.670. The van der Waals surface area contributed by atoms with Crippen LogP contribution in [-0.4, -0.2) is 4.98 Å². The first-order valence-corrected chi connectivity index (χ1v) is 6.45. The van der Waals surface area contributed by atoms with E-state index in [1.165, 1.54) is 0 Å². The molecule has 0 radical (unpaired) electrons. The molecule has 0 aliphatic carbocycles. The predicted molar refractivity (Wildman–Crippen MR) is 75.1 cm³/mol. The molecule has 0 fully saturated rings. The summed E-state index contributed by atoms with van der Waals surface area (Å²) in [6, 6.07) is 6.57. The lowest BCUT2D eigenvalue weighted by atomic mass is 10.3. The van der Waals surface area contributed by atoms with Crippen LogP contribution in [0.15, 0.2) is 30.5 Å². The van der Waals surface area contributed by atoms with E-state index >= 15 is 0 Å². The number of pyridine rings is 1. The number of nitrogens with zero attached hydrogens (tertiary/aromatic N) is 1. The fourth-order valence-corrected chi connectivity index (χ4v) is 2.17. The Balaban J connectivity index is 2.11. The second-order valence-corrected chi connectivity index (χ2v) is 5.10. The number of benzene rings is 1. The van der Waals surface area contributed by atoms with Gasteiger partial charge in [0.05, 0.1) is 10.0 Å². The van der Waals surface area contributed by atoms with E-state index in [0.717, 1.165) is 5.56 Å². The van der Waals surface area contributed by atoms with Crippen molar-refractivity contribution in [2.75, 3.05) is 0 Å². The van der Waals surface area contributed by atoms with Gasteiger partial charge in [-0.15, -0.1) is 0 Å². The first-order chi connectivity index (χ1) is 8.56. The molecule has 0 spiro atoms. The van der Waals surface area contributed by atoms with Crippen LogP contribution < -0.4 is 4.74 Å². The minimum Gasteiger partial charge on any atom is -0.487 e. The van der Waals surface area contributed by atoms with Crippen molar-refractivity contribution in [2.24, 2.45) is 0 Å². The quantitative estimate of drug-likeness (QED) is 0.718. The van der Waals surface area contributed by atoms with Crippen LogP contribution in [-0.2, 0) is 6.61 Å². The van der Waals surface area contributed by atoms with Crippen molar-refractivity contribution in [1.29, 1.82) is 0 Å². The number of aromatic nitrogens is 1. The molecule has 0 aliphatic rings. The first kappa shape index (κ1) is 13.8. The Labute approximate surface area is 124 Å². The SMILES string of the molecule is Clc1ccc(OCc2cnc(Cl)cc2Cl)c(Cl)c1. The van der Waals surface area contributed by atoms with Crippen LogP contribution in [0.25, 0.3) is 0 Å². The van der Waals surface area contributed by atoms with Gasteiger partial charge in [0.25, 0.3) is 0 Å². The van der Waals surface area contributed by atoms with Gasteiger partial charge in [0, 0.05) is 16.8 Å². The second kappa shape index (κ2) is 5.98. The summed E-state index contributed by atoms with van der Waals surface area (Å²) in [6.45, 7) is 0.254. The molecule has 0 N–H and O–H groups in total. The van der Waals surface area contributed by atoms with E-state index < -0.39 is 0 Å². The van der Waals surface area contributed by atoms with Crippen LogP contribution in [0.2, 0.25) is 20.2 Å². The van der Waals surface area contributed by atoms with Gasteiger partial charge in [0.1, 0.15) is 17.5 Å². The molecule has 6 heteroatoms. The summed E-state index contributed by atoms with van der Waals surface area (Å²) in [5.74, 6) is 0.534. The molecule has 0 saturated carbocycles. The van der Waals surface area contributed by atoms with Crippen molar-refractivity contribution >= 4 is 46.4 Å². The summed E-state index contributed by atoms with van der Waals surface area (Å²) in [5.41, 5.74) is 0.729. The fourth-order valence-electron chi connectivity index (χ4n) is 1.29. The fraction of sp³-hybridized carbons (Fsp3) is 0.0833. The molecular formula is C12H7Cl4NO. The zero-order valence-electron chi connectivity index (χ0n) is 8.96. The topological polar surface area (TPSA) is 22.1 Å². The Morgan fingerprint density at radius 2 is 1.78 bits per heavy atom. The third kappa shape index (κ3) is 3.42. The summed E-state index contributed by atoms with van der Waals surface area (Å²) < 4.78 is 5.54. The molecule has 2 nitrogen and oxygen atoms in total. The Kier molecular flexibility index (Phi) is 4.57. The van der Waals surface area contributed by atoms with Crippen molar-refractivity contribution in [3.05, 3.63) is 56.2 Å². The maximum Gasteiger partial charge on any atom is 0.138 e. The lowest BCUT2D eigenvalue weighted by molar-refractivity contribution is 0.306. The summed E-state index contributed by atoms with van der Waals surface area (Å²) in [4.78, 5) is 3.94. The molecule has 1 aromatic carbocycles. The molecule has 94 valence electrons. The third-order valence-corrected chi connectivity index (χ3v) is 3.26. The van der Waals surface area contributed by atoms with Crippen LogP contribution >= 0.6 is 46.4 Å². The number of rotatable bonds is 3. The molecule has 0 atom stereocenters. The van der Waals surface area contributed by atoms with Crippen LogP contribution in [0.1, 0.15) is 5.56 Å². The second-order valence-electron chi connectivity index (χ2n) is 3.46. The Morgan fingerprint density at radius 3 is 2.44 bits per heavy atom. The smallest absolute Gasteiger partial charge is 0.138 e. The van der Waals surface area contributed by atoms with E-state index in [1.54, 1.807) is 30.5 Å². The van der Waals surface area contributed by atoms with Gasteiger partial charge in [-0.05, 0) is 24.3 Å². The molecule has 2 rings (SSSR count). The van der Waals surface area contributed by atoms with Crippen molar-refractivity contribution in [2.45, 2.75) is 6.61 Å². The van der Waals surface area contributed by atoms with Gasteiger partial charge in [-0.25, -0.2) is 4.98 Å². The van der Waals surface area contributed by atoms with Crippen LogP contribution in [0.4, 0.5) is 0 Å². The zero-order chi connectivity index (χ0) is 13.1. The van der Waals surface area contributed by atoms with Crippen molar-refractivity contribution in [1.82, 2.24) is 4.98 Å². The molecule has 0 saturated heterocycles. The summed E-state index contributed by atoms with van der Waals surface area (Å²) in [5, 5.41) is 1.84. The molecule has 0 amide bonds. The van der Waals surface area contributed by atoms with Crippen LogP contribution in [0.3, 0.4) is 0 Å². The number of hydrogen-bond acceptors (Lipinski definition) is 2. The summed E-state index contributed by atoms with van der Waals surface area (Å²) >= 11 is 23.5. The van der Waals surface area contributed by atoms with Gasteiger partial charge in [-0.1, -0.05) is 46.4 Å². The Morgan fingerprint density at radius 1 is 1.00 bits per heavy atom. The van der Waals surface area contributed by atoms with E-state index in [9.17, 15) is 0 Å². The van der Waals surface area contributed by atoms with Gasteiger partial charge < -0.3 is 4.74 Å². The lowest BCUT2D eigenvalue weighted by Crippen LogP contribution is -1.97. The summed E-state index contributed by atoms with van der Waals surface area (Å²) in [6.07, 6.45) is 1.56. The average molecular weight is 323 g/mol. The molecular weight excluding hydrogens is 316 g/mol. The van der Waals surface area contributed by atoms with Crippen LogP contribution in [0, 0.1) is 0 Å². The van der Waals surface area contributed by atoms with Crippen LogP contribution in [0.5, 0.6) is 5.75 Å². The van der Waals surface area contributed by atoms with Gasteiger partial charge in [-0.2, -0.15) is 0 Å². The van der Waals surface area contributed by atoms with Crippen molar-refractivity contribution < 1.29 is 4.74 Å². The highest BCUT2D eigenvalue weighted by Crippen LogP contribution is 2.29. The maximum atomic E-state index is 6.00. The first-order valence-electron chi connectivity index (χ1n) is 4.94. The molecule has 1 aromatic heterocycles. The highest BCUT2D eigenvalue weighted by atomic mass is 35.5. The van der Waals surface area contributed by atoms with Crippen molar-refractivity contribution in [3.8, 4) is 5.75 Å². The normalized spacial score (nSPS) is 10.4. The lowest BCUT2D eigenvalue weighted by Gasteiger charge is -2.09. The third-order valence-electron chi connectivity index (χ3n) is 2.17. The van der Waals surface area contributed by atoms with Gasteiger partial charge in [0.2, 0.25) is 0 Å². The number of halogens is 4. The maximum absolute atomic E-state index is 6.00. The van der Waals surface area contributed by atoms with Gasteiger partial charge in [-0.3, -0.25) is 0 Å². The summed E-state index contributed by atoms with van der Waals surface area (Å²) in [7, 11) is 0. The molecule has 0 bridgehead atoms. The standard InChI is InChI=1S/C12H7Cl4NO/c13-8-1-2-11(10(15)3-8)18-6-7-5-17-12(16)4-9(7)14/h1-5H,6H2. The minimum absolute atomic E-state index is 0.254. The Bertz CT molecular complexity index is 522. The molecule has 0 aliphatic heterocycles. The zero-order valence-corrected chi connectivity index (χ0v) is 12.0. The van der Waals surface area contributed by atoms with Gasteiger partial charge in [0.15, 0.2) is 0 Å². The monoisotopic (exact) mass is 321 g/mol. The average Bonchev–Trinajstić information content (AvgIpc) is 2.30. The number of ether oxygens (including phenoxy) is 1. The van der Waals surface area contributed by atoms with E-state index in [4.69, 9.17) is 51.1 Å². The number of hydrogen-bond donors (Lipinski definition) is 0. The van der Waals surface area contributed by atoms with Gasteiger partial charge >= 0.3 is 0 Å². The largest absolute Gasteiger partial charge is 0.487 e. The minimum atomic E-state index is 0.254. The highest BCUT2D eigenvalue weighted by molar-refractivity contribution is 6.35. The highest BCUT2D eigenvalue weighted by Gasteiger charge is 2.06. The molecule has 2 aromatic rings. The predicted octanol–water partition coefficient (Wildman–Crippen LogP) is 5.27. The van der Waals surface area contributed by atoms with E-state index in [0.29, 0.717) is 26.0 Å². The van der Waals surface area contributed by atoms with E-state index in [2.05, 4.69) is 4.98 Å².